The lowest BCUT2D eigenvalue weighted by atomic mass is 9.93. The summed E-state index contributed by atoms with van der Waals surface area (Å²) in [6.45, 7) is 5.74. The van der Waals surface area contributed by atoms with Crippen LogP contribution in [0.5, 0.6) is 0 Å². The number of hydrogen-bond donors (Lipinski definition) is 3. The first kappa shape index (κ1) is 23.8. The van der Waals surface area contributed by atoms with Gasteiger partial charge >= 0.3 is 6.03 Å². The molecule has 3 heterocycles. The van der Waals surface area contributed by atoms with Gasteiger partial charge in [0.05, 0.1) is 11.3 Å². The Labute approximate surface area is 198 Å². The number of nitrogens with one attached hydrogen (secondary N) is 3. The molecule has 0 radical (unpaired) electrons. The predicted octanol–water partition coefficient (Wildman–Crippen LogP) is 4.24. The van der Waals surface area contributed by atoms with E-state index in [1.165, 1.54) is 23.9 Å². The van der Waals surface area contributed by atoms with Crippen molar-refractivity contribution >= 4 is 34.5 Å². The predicted molar refractivity (Wildman–Crippen MR) is 128 cm³/mol. The molecule has 1 aromatic carbocycles. The van der Waals surface area contributed by atoms with Gasteiger partial charge in [0.1, 0.15) is 23.0 Å². The largest absolute Gasteiger partial charge is 0.359 e. The lowest BCUT2D eigenvalue weighted by molar-refractivity contribution is 0.261. The van der Waals surface area contributed by atoms with Crippen LogP contribution in [0.4, 0.5) is 31.0 Å². The molecule has 0 saturated heterocycles. The highest BCUT2D eigenvalue weighted by Gasteiger charge is 2.21. The molecular weight excluding hydrogens is 460 g/mol. The van der Waals surface area contributed by atoms with Gasteiger partial charge in [-0.25, -0.2) is 18.6 Å². The van der Waals surface area contributed by atoms with Crippen LogP contribution in [-0.2, 0) is 12.5 Å². The second-order valence-corrected chi connectivity index (χ2v) is 8.86. The average molecular weight is 483 g/mol. The zero-order valence-corrected chi connectivity index (χ0v) is 19.7. The second kappa shape index (κ2) is 8.78. The summed E-state index contributed by atoms with van der Waals surface area (Å²) >= 11 is 0. The fourth-order valence-electron chi connectivity index (χ4n) is 3.37. The molecule has 0 bridgehead atoms. The molecule has 0 spiro atoms. The standard InChI is InChI=1S/C23H23F2N7O3/c1-23(2,3)17-9-18(31-35-17)29-22(34)28-16-7-12(14(24)8-15(16)25)13-6-11-10-27-21(26-4)30-19(11)32(5)20(13)33/h6-10H,1-5H3,(H,26,27,30)(H2,28,29,31,34). The lowest BCUT2D eigenvalue weighted by Crippen LogP contribution is -2.22. The van der Waals surface area contributed by atoms with E-state index in [0.29, 0.717) is 28.8 Å². The quantitative estimate of drug-likeness (QED) is 0.396. The van der Waals surface area contributed by atoms with Crippen LogP contribution in [-0.4, -0.2) is 32.8 Å². The number of fused-ring (bicyclic) bond motifs is 1. The number of benzene rings is 1. The molecule has 3 aromatic heterocycles. The first-order valence-electron chi connectivity index (χ1n) is 10.6. The Morgan fingerprint density at radius 1 is 1.06 bits per heavy atom. The Balaban J connectivity index is 1.67. The molecule has 0 aliphatic heterocycles. The molecule has 0 saturated carbocycles. The van der Waals surface area contributed by atoms with Crippen molar-refractivity contribution in [1.82, 2.24) is 19.7 Å². The number of halogens is 2. The first-order valence-corrected chi connectivity index (χ1v) is 10.6. The summed E-state index contributed by atoms with van der Waals surface area (Å²) in [5, 5.41) is 11.8. The number of nitrogens with zero attached hydrogens (tertiary/aromatic N) is 4. The summed E-state index contributed by atoms with van der Waals surface area (Å²) in [4.78, 5) is 33.8. The van der Waals surface area contributed by atoms with Crippen molar-refractivity contribution in [2.75, 3.05) is 23.0 Å². The van der Waals surface area contributed by atoms with Crippen LogP contribution in [0.3, 0.4) is 0 Å². The number of carbonyl (C=O) groups is 1. The highest BCUT2D eigenvalue weighted by atomic mass is 19.1. The van der Waals surface area contributed by atoms with Crippen molar-refractivity contribution in [3.8, 4) is 11.1 Å². The summed E-state index contributed by atoms with van der Waals surface area (Å²) in [5.74, 6) is -1.01. The smallest absolute Gasteiger partial charge is 0.325 e. The number of pyridine rings is 1. The fraction of sp³-hybridized carbons (Fsp3) is 0.261. The van der Waals surface area contributed by atoms with Gasteiger partial charge in [-0.1, -0.05) is 25.9 Å². The van der Waals surface area contributed by atoms with Gasteiger partial charge in [-0.2, -0.15) is 4.98 Å². The summed E-state index contributed by atoms with van der Waals surface area (Å²) in [6.07, 6.45) is 1.48. The molecule has 0 aliphatic rings. The Hall–Kier alpha value is -4.35. The molecule has 4 aromatic rings. The van der Waals surface area contributed by atoms with E-state index >= 15 is 0 Å². The van der Waals surface area contributed by atoms with Crippen molar-refractivity contribution in [2.24, 2.45) is 7.05 Å². The topological polar surface area (TPSA) is 127 Å². The van der Waals surface area contributed by atoms with Gasteiger partial charge < -0.3 is 15.2 Å². The molecule has 3 N–H and O–H groups in total. The first-order chi connectivity index (χ1) is 16.5. The third-order valence-electron chi connectivity index (χ3n) is 5.26. The highest BCUT2D eigenvalue weighted by Crippen LogP contribution is 2.29. The Kier molecular flexibility index (Phi) is 5.97. The number of aryl methyl sites for hydroxylation is 1. The number of carbonyl (C=O) groups excluding carboxylic acids is 1. The van der Waals surface area contributed by atoms with Crippen LogP contribution in [0, 0.1) is 11.6 Å². The molecule has 0 unspecified atom stereocenters. The highest BCUT2D eigenvalue weighted by molar-refractivity contribution is 5.99. The van der Waals surface area contributed by atoms with E-state index < -0.39 is 23.2 Å². The van der Waals surface area contributed by atoms with Crippen molar-refractivity contribution in [2.45, 2.75) is 26.2 Å². The van der Waals surface area contributed by atoms with E-state index in [4.69, 9.17) is 4.52 Å². The summed E-state index contributed by atoms with van der Waals surface area (Å²) in [6, 6.07) is 3.80. The number of rotatable bonds is 4. The SMILES string of the molecule is CNc1ncc2cc(-c3cc(NC(=O)Nc4cc(C(C)(C)C)on4)c(F)cc3F)c(=O)n(C)c2n1. The average Bonchev–Trinajstić information content (AvgIpc) is 3.27. The normalized spacial score (nSPS) is 11.5. The lowest BCUT2D eigenvalue weighted by Gasteiger charge is -2.12. The van der Waals surface area contributed by atoms with Crippen LogP contribution in [0.25, 0.3) is 22.2 Å². The zero-order chi connectivity index (χ0) is 25.5. The molecule has 35 heavy (non-hydrogen) atoms. The number of aromatic nitrogens is 4. The van der Waals surface area contributed by atoms with E-state index in [1.54, 1.807) is 13.1 Å². The zero-order valence-electron chi connectivity index (χ0n) is 19.7. The Bertz CT molecular complexity index is 1510. The van der Waals surface area contributed by atoms with Gasteiger partial charge in [-0.15, -0.1) is 0 Å². The minimum absolute atomic E-state index is 0.0481. The van der Waals surface area contributed by atoms with Crippen molar-refractivity contribution < 1.29 is 18.1 Å². The van der Waals surface area contributed by atoms with E-state index in [-0.39, 0.29) is 28.0 Å². The molecule has 12 heteroatoms. The second-order valence-electron chi connectivity index (χ2n) is 8.86. The van der Waals surface area contributed by atoms with E-state index in [1.807, 2.05) is 20.8 Å². The van der Waals surface area contributed by atoms with Crippen molar-refractivity contribution in [3.63, 3.8) is 0 Å². The minimum atomic E-state index is -1.02. The van der Waals surface area contributed by atoms with Crippen LogP contribution in [0.15, 0.2) is 39.8 Å². The van der Waals surface area contributed by atoms with E-state index in [2.05, 4.69) is 31.1 Å². The van der Waals surface area contributed by atoms with Crippen LogP contribution in [0.2, 0.25) is 0 Å². The summed E-state index contributed by atoms with van der Waals surface area (Å²) in [5.41, 5.74) is -1.13. The van der Waals surface area contributed by atoms with Gasteiger partial charge in [-0.05, 0) is 12.1 Å². The molecular formula is C23H23F2N7O3. The minimum Gasteiger partial charge on any atom is -0.359 e. The monoisotopic (exact) mass is 483 g/mol. The van der Waals surface area contributed by atoms with Gasteiger partial charge in [0.2, 0.25) is 5.95 Å². The number of urea groups is 1. The summed E-state index contributed by atoms with van der Waals surface area (Å²) < 4.78 is 35.7. The maximum absolute atomic E-state index is 14.8. The van der Waals surface area contributed by atoms with Gasteiger partial charge in [0, 0.05) is 48.8 Å². The molecule has 2 amide bonds. The third-order valence-corrected chi connectivity index (χ3v) is 5.26. The number of hydrogen-bond acceptors (Lipinski definition) is 7. The van der Waals surface area contributed by atoms with Crippen molar-refractivity contribution in [1.29, 1.82) is 0 Å². The molecule has 0 aliphatic carbocycles. The molecule has 4 rings (SSSR count). The molecule has 182 valence electrons. The van der Waals surface area contributed by atoms with Crippen molar-refractivity contribution in [3.05, 3.63) is 58.2 Å². The Morgan fingerprint density at radius 2 is 1.80 bits per heavy atom. The van der Waals surface area contributed by atoms with Crippen LogP contribution < -0.4 is 21.5 Å². The van der Waals surface area contributed by atoms with Gasteiger partial charge in [-0.3, -0.25) is 14.7 Å². The molecule has 0 atom stereocenters. The van der Waals surface area contributed by atoms with Gasteiger partial charge in [0.25, 0.3) is 5.56 Å². The van der Waals surface area contributed by atoms with E-state index in [9.17, 15) is 18.4 Å². The summed E-state index contributed by atoms with van der Waals surface area (Å²) in [7, 11) is 3.12. The van der Waals surface area contributed by atoms with Crippen LogP contribution in [0.1, 0.15) is 26.5 Å². The maximum atomic E-state index is 14.8. The van der Waals surface area contributed by atoms with E-state index in [0.717, 1.165) is 6.07 Å². The van der Waals surface area contributed by atoms with Crippen LogP contribution >= 0.6 is 0 Å². The maximum Gasteiger partial charge on any atom is 0.325 e. The van der Waals surface area contributed by atoms with Gasteiger partial charge in [0.15, 0.2) is 5.82 Å². The fourth-order valence-corrected chi connectivity index (χ4v) is 3.37. The molecule has 0 fully saturated rings. The molecule has 10 nitrogen and oxygen atoms in total. The number of anilines is 3. The third kappa shape index (κ3) is 4.67. The number of amides is 2. The Morgan fingerprint density at radius 3 is 2.46 bits per heavy atom.